The Morgan fingerprint density at radius 1 is 1.07 bits per heavy atom. The minimum atomic E-state index is -2.13. The molecular weight excluding hydrogens is 615 g/mol. The first-order valence-electron chi connectivity index (χ1n) is 14.5. The van der Waals surface area contributed by atoms with Crippen molar-refractivity contribution in [3.05, 3.63) is 104 Å². The quantitative estimate of drug-likeness (QED) is 0.242. The van der Waals surface area contributed by atoms with Gasteiger partial charge in [0, 0.05) is 48.3 Å². The number of rotatable bonds is 10. The lowest BCUT2D eigenvalue weighted by molar-refractivity contribution is -0.155. The Balaban J connectivity index is 1.80. The minimum Gasteiger partial charge on any atom is -0.481 e. The standard InChI is InChI=1S/C33H33Cl2F2NO6/c1-3-32(42,31(37)13-15-43-16-14-31)22-17-25-29(26(36)18-22)33(44-4-2,21-7-11-24(35)12-8-21)38(30(25)41)27(19-28(39)40)20-5-9-23(34)10-6-20/h5-12,17-18,27,42H,3-4,13-16,19H2,1-2H3,(H,39,40)/t27-,32+,33+/m0/s1. The lowest BCUT2D eigenvalue weighted by atomic mass is 9.72. The molecule has 1 fully saturated rings. The van der Waals surface area contributed by atoms with Gasteiger partial charge in [-0.15, -0.1) is 0 Å². The Morgan fingerprint density at radius 2 is 1.66 bits per heavy atom. The smallest absolute Gasteiger partial charge is 0.305 e. The number of benzene rings is 3. The van der Waals surface area contributed by atoms with Crippen LogP contribution in [0.25, 0.3) is 0 Å². The number of nitrogens with zero attached hydrogens (tertiary/aromatic N) is 1. The molecule has 2 N–H and O–H groups in total. The number of aliphatic hydroxyl groups is 1. The molecule has 2 heterocycles. The van der Waals surface area contributed by atoms with Gasteiger partial charge in [-0.1, -0.05) is 54.4 Å². The molecule has 3 aromatic carbocycles. The van der Waals surface area contributed by atoms with Gasteiger partial charge in [0.15, 0.2) is 5.72 Å². The first kappa shape index (κ1) is 32.3. The number of aliphatic carboxylic acids is 1. The molecule has 5 rings (SSSR count). The van der Waals surface area contributed by atoms with Crippen molar-refractivity contribution in [2.24, 2.45) is 0 Å². The second kappa shape index (κ2) is 12.4. The molecule has 44 heavy (non-hydrogen) atoms. The zero-order valence-electron chi connectivity index (χ0n) is 24.3. The summed E-state index contributed by atoms with van der Waals surface area (Å²) in [5.74, 6) is -2.87. The number of carbonyl (C=O) groups is 2. The zero-order valence-corrected chi connectivity index (χ0v) is 25.8. The summed E-state index contributed by atoms with van der Waals surface area (Å²) in [5.41, 5.74) is -5.90. The van der Waals surface area contributed by atoms with Gasteiger partial charge < -0.3 is 19.7 Å². The van der Waals surface area contributed by atoms with Gasteiger partial charge in [-0.2, -0.15) is 0 Å². The van der Waals surface area contributed by atoms with Crippen LogP contribution in [0.1, 0.15) is 78.2 Å². The number of fused-ring (bicyclic) bond motifs is 1. The van der Waals surface area contributed by atoms with E-state index in [9.17, 15) is 19.8 Å². The summed E-state index contributed by atoms with van der Waals surface area (Å²) in [6.45, 7) is 3.44. The highest BCUT2D eigenvalue weighted by molar-refractivity contribution is 6.30. The van der Waals surface area contributed by atoms with Crippen molar-refractivity contribution in [1.29, 1.82) is 0 Å². The Morgan fingerprint density at radius 3 is 2.20 bits per heavy atom. The van der Waals surface area contributed by atoms with E-state index in [1.165, 1.54) is 11.0 Å². The topological polar surface area (TPSA) is 96.3 Å². The molecule has 1 amide bonds. The molecule has 2 aliphatic heterocycles. The Kier molecular flexibility index (Phi) is 9.08. The largest absolute Gasteiger partial charge is 0.481 e. The first-order chi connectivity index (χ1) is 20.9. The maximum atomic E-state index is 16.7. The highest BCUT2D eigenvalue weighted by atomic mass is 35.5. The number of ether oxygens (including phenoxy) is 2. The molecule has 0 aliphatic carbocycles. The number of alkyl halides is 1. The van der Waals surface area contributed by atoms with E-state index in [0.29, 0.717) is 21.2 Å². The number of halogens is 4. The molecule has 0 unspecified atom stereocenters. The van der Waals surface area contributed by atoms with Gasteiger partial charge in [0.25, 0.3) is 5.91 Å². The maximum Gasteiger partial charge on any atom is 0.305 e. The molecule has 1 saturated heterocycles. The first-order valence-corrected chi connectivity index (χ1v) is 15.2. The van der Waals surface area contributed by atoms with E-state index in [4.69, 9.17) is 32.7 Å². The summed E-state index contributed by atoms with van der Waals surface area (Å²) in [6, 6.07) is 13.8. The summed E-state index contributed by atoms with van der Waals surface area (Å²) in [7, 11) is 0. The summed E-state index contributed by atoms with van der Waals surface area (Å²) in [5, 5.41) is 22.6. The molecule has 0 saturated carbocycles. The van der Waals surface area contributed by atoms with Crippen molar-refractivity contribution < 1.29 is 38.1 Å². The van der Waals surface area contributed by atoms with E-state index in [2.05, 4.69) is 0 Å². The Hall–Kier alpha value is -3.08. The van der Waals surface area contributed by atoms with E-state index in [0.717, 1.165) is 6.07 Å². The molecular formula is C33H33Cl2F2NO6. The number of amides is 1. The van der Waals surface area contributed by atoms with Crippen LogP contribution in [0.3, 0.4) is 0 Å². The van der Waals surface area contributed by atoms with Crippen LogP contribution in [-0.4, -0.2) is 52.5 Å². The fourth-order valence-electron chi connectivity index (χ4n) is 6.60. The molecule has 234 valence electrons. The van der Waals surface area contributed by atoms with E-state index < -0.39 is 47.2 Å². The molecule has 11 heteroatoms. The van der Waals surface area contributed by atoms with E-state index >= 15 is 8.78 Å². The monoisotopic (exact) mass is 647 g/mol. The molecule has 3 aromatic rings. The van der Waals surface area contributed by atoms with Gasteiger partial charge >= 0.3 is 5.97 Å². The van der Waals surface area contributed by atoms with E-state index in [-0.39, 0.29) is 55.8 Å². The zero-order chi connectivity index (χ0) is 31.9. The predicted octanol–water partition coefficient (Wildman–Crippen LogP) is 7.16. The van der Waals surface area contributed by atoms with Gasteiger partial charge in [0.05, 0.1) is 23.6 Å². The van der Waals surface area contributed by atoms with Crippen molar-refractivity contribution in [3.63, 3.8) is 0 Å². The molecule has 0 bridgehead atoms. The summed E-state index contributed by atoms with van der Waals surface area (Å²) in [4.78, 5) is 28.1. The average molecular weight is 649 g/mol. The third-order valence-electron chi connectivity index (χ3n) is 8.76. The number of carbonyl (C=O) groups excluding carboxylic acids is 1. The molecule has 3 atom stereocenters. The number of hydrogen-bond donors (Lipinski definition) is 2. The number of hydrogen-bond acceptors (Lipinski definition) is 5. The van der Waals surface area contributed by atoms with Crippen LogP contribution in [-0.2, 0) is 25.6 Å². The molecule has 0 radical (unpaired) electrons. The van der Waals surface area contributed by atoms with Crippen LogP contribution in [0.2, 0.25) is 10.0 Å². The van der Waals surface area contributed by atoms with Gasteiger partial charge in [0.2, 0.25) is 0 Å². The maximum absolute atomic E-state index is 16.7. The third-order valence-corrected chi connectivity index (χ3v) is 9.26. The van der Waals surface area contributed by atoms with Crippen molar-refractivity contribution in [3.8, 4) is 0 Å². The van der Waals surface area contributed by atoms with Crippen LogP contribution >= 0.6 is 23.2 Å². The van der Waals surface area contributed by atoms with E-state index in [1.54, 1.807) is 62.4 Å². The van der Waals surface area contributed by atoms with Crippen molar-refractivity contribution in [2.75, 3.05) is 19.8 Å². The van der Waals surface area contributed by atoms with Gasteiger partial charge in [-0.05, 0) is 60.9 Å². The molecule has 7 nitrogen and oxygen atoms in total. The summed E-state index contributed by atoms with van der Waals surface area (Å²) in [6.07, 6.45) is -0.868. The Labute approximate surface area is 264 Å². The predicted molar refractivity (Wildman–Crippen MR) is 161 cm³/mol. The lowest BCUT2D eigenvalue weighted by Crippen LogP contribution is -2.51. The third kappa shape index (κ3) is 5.28. The normalized spacial score (nSPS) is 21.5. The SMILES string of the molecule is CCO[C@]1(c2ccc(Cl)cc2)c2c(F)cc([C@](O)(CC)C3(F)CCOCC3)cc2C(=O)N1[C@@H](CC(=O)O)c1ccc(Cl)cc1. The van der Waals surface area contributed by atoms with Crippen LogP contribution in [0.15, 0.2) is 60.7 Å². The summed E-state index contributed by atoms with van der Waals surface area (Å²) >= 11 is 12.3. The highest BCUT2D eigenvalue weighted by Gasteiger charge is 2.59. The number of carboxylic acid groups (broad SMARTS) is 1. The van der Waals surface area contributed by atoms with Gasteiger partial charge in [-0.25, -0.2) is 8.78 Å². The second-order valence-corrected chi connectivity index (χ2v) is 12.0. The van der Waals surface area contributed by atoms with Gasteiger partial charge in [0.1, 0.15) is 17.1 Å². The van der Waals surface area contributed by atoms with E-state index in [1.807, 2.05) is 0 Å². The second-order valence-electron chi connectivity index (χ2n) is 11.1. The lowest BCUT2D eigenvalue weighted by Gasteiger charge is -2.44. The molecule has 2 aliphatic rings. The minimum absolute atomic E-state index is 0.0000638. The van der Waals surface area contributed by atoms with Crippen LogP contribution in [0, 0.1) is 5.82 Å². The fraction of sp³-hybridized carbons (Fsp3) is 0.394. The van der Waals surface area contributed by atoms with Crippen LogP contribution < -0.4 is 0 Å². The summed E-state index contributed by atoms with van der Waals surface area (Å²) < 4.78 is 44.8. The number of carboxylic acids is 1. The molecule has 0 spiro atoms. The van der Waals surface area contributed by atoms with Crippen LogP contribution in [0.5, 0.6) is 0 Å². The fourth-order valence-corrected chi connectivity index (χ4v) is 6.85. The molecule has 0 aromatic heterocycles. The average Bonchev–Trinajstić information content (AvgIpc) is 3.25. The Bertz CT molecular complexity index is 1550. The van der Waals surface area contributed by atoms with Crippen molar-refractivity contribution in [1.82, 2.24) is 4.90 Å². The van der Waals surface area contributed by atoms with Crippen molar-refractivity contribution >= 4 is 35.1 Å². The highest BCUT2D eigenvalue weighted by Crippen LogP contribution is 2.53. The van der Waals surface area contributed by atoms with Crippen LogP contribution in [0.4, 0.5) is 8.78 Å². The van der Waals surface area contributed by atoms with Gasteiger partial charge in [-0.3, -0.25) is 14.5 Å². The van der Waals surface area contributed by atoms with Crippen molar-refractivity contribution in [2.45, 2.75) is 62.6 Å².